The zero-order valence-corrected chi connectivity index (χ0v) is 20.1. The van der Waals surface area contributed by atoms with Crippen LogP contribution in [-0.4, -0.2) is 21.1 Å². The summed E-state index contributed by atoms with van der Waals surface area (Å²) in [6.45, 7) is 5.54. The molecule has 0 aliphatic heterocycles. The van der Waals surface area contributed by atoms with Crippen molar-refractivity contribution in [1.29, 1.82) is 0 Å². The van der Waals surface area contributed by atoms with Crippen LogP contribution in [0.5, 0.6) is 0 Å². The van der Waals surface area contributed by atoms with Gasteiger partial charge in [0.15, 0.2) is 9.47 Å². The lowest BCUT2D eigenvalue weighted by Gasteiger charge is -2.18. The number of amides is 1. The number of nitrogens with one attached hydrogen (secondary N) is 1. The Kier molecular flexibility index (Phi) is 6.83. The molecule has 0 aliphatic carbocycles. The Labute approximate surface area is 197 Å². The number of thiazole rings is 1. The molecule has 0 aliphatic rings. The summed E-state index contributed by atoms with van der Waals surface area (Å²) in [6, 6.07) is 12.3. The molecule has 2 heterocycles. The molecule has 0 atom stereocenters. The lowest BCUT2D eigenvalue weighted by Crippen LogP contribution is -2.23. The van der Waals surface area contributed by atoms with E-state index in [2.05, 4.69) is 40.4 Å². The van der Waals surface area contributed by atoms with Crippen LogP contribution in [-0.2, 0) is 10.5 Å². The van der Waals surface area contributed by atoms with Crippen LogP contribution in [0.1, 0.15) is 23.7 Å². The fourth-order valence-electron chi connectivity index (χ4n) is 2.96. The molecule has 0 unspecified atom stereocenters. The van der Waals surface area contributed by atoms with Crippen LogP contribution < -0.4 is 10.2 Å². The van der Waals surface area contributed by atoms with Crippen LogP contribution in [0.15, 0.2) is 52.2 Å². The van der Waals surface area contributed by atoms with E-state index in [1.54, 1.807) is 18.2 Å². The predicted octanol–water partition coefficient (Wildman–Crippen LogP) is 6.47. The van der Waals surface area contributed by atoms with Crippen molar-refractivity contribution in [3.63, 3.8) is 0 Å². The number of halogens is 1. The van der Waals surface area contributed by atoms with Crippen molar-refractivity contribution in [1.82, 2.24) is 15.2 Å². The smallest absolute Gasteiger partial charge is 0.230 e. The third-order valence-corrected chi connectivity index (χ3v) is 7.62. The molecule has 32 heavy (non-hydrogen) atoms. The summed E-state index contributed by atoms with van der Waals surface area (Å²) >= 11 is 4.29. The van der Waals surface area contributed by atoms with Crippen LogP contribution in [0.2, 0.25) is 0 Å². The highest BCUT2D eigenvalue weighted by molar-refractivity contribution is 8.00. The first kappa shape index (κ1) is 22.4. The molecule has 164 valence electrons. The van der Waals surface area contributed by atoms with Gasteiger partial charge in [-0.1, -0.05) is 47.4 Å². The number of nitrogens with zero attached hydrogens (tertiary/aromatic N) is 4. The average molecular weight is 486 g/mol. The quantitative estimate of drug-likeness (QED) is 0.303. The van der Waals surface area contributed by atoms with Gasteiger partial charge in [-0.05, 0) is 43.2 Å². The minimum Gasteiger partial charge on any atom is -0.330 e. The van der Waals surface area contributed by atoms with Gasteiger partial charge >= 0.3 is 0 Å². The van der Waals surface area contributed by atoms with Gasteiger partial charge in [0.05, 0.1) is 11.4 Å². The topological polar surface area (TPSA) is 71.0 Å². The van der Waals surface area contributed by atoms with Crippen molar-refractivity contribution in [3.8, 4) is 0 Å². The van der Waals surface area contributed by atoms with Gasteiger partial charge in [0.2, 0.25) is 11.0 Å². The lowest BCUT2D eigenvalue weighted by molar-refractivity contribution is -0.115. The molecule has 0 bridgehead atoms. The second-order valence-corrected chi connectivity index (χ2v) is 10.00. The Balaban J connectivity index is 1.43. The Hall–Kier alpha value is -2.82. The third-order valence-electron chi connectivity index (χ3n) is 4.74. The molecule has 1 amide bonds. The second-order valence-electron chi connectivity index (χ2n) is 6.96. The highest BCUT2D eigenvalue weighted by Gasteiger charge is 2.21. The minimum atomic E-state index is -0.466. The van der Waals surface area contributed by atoms with E-state index in [4.69, 9.17) is 0 Å². The molecular formula is C22H20FN5OS3. The second kappa shape index (κ2) is 9.76. The Morgan fingerprint density at radius 3 is 2.75 bits per heavy atom. The summed E-state index contributed by atoms with van der Waals surface area (Å²) in [7, 11) is 0. The predicted molar refractivity (Wildman–Crippen MR) is 130 cm³/mol. The van der Waals surface area contributed by atoms with Gasteiger partial charge in [-0.25, -0.2) is 9.37 Å². The summed E-state index contributed by atoms with van der Waals surface area (Å²) in [4.78, 5) is 18.0. The highest BCUT2D eigenvalue weighted by Crippen LogP contribution is 2.34. The standard InChI is InChI=1S/C22H20FN5OS3/c1-13-7-6-9-18(14(13)2)25-20-26-27-22(32-20)31-12-16-11-30-21(24-16)28(15(3)29)19-10-5-4-8-17(19)23/h4-11H,12H2,1-3H3,(H,25,26). The number of thioether (sulfide) groups is 1. The van der Waals surface area contributed by atoms with Gasteiger partial charge in [-0.15, -0.1) is 21.5 Å². The van der Waals surface area contributed by atoms with Crippen molar-refractivity contribution in [2.75, 3.05) is 10.2 Å². The first-order valence-corrected chi connectivity index (χ1v) is 12.4. The molecule has 1 N–H and O–H groups in total. The number of aryl methyl sites for hydroxylation is 1. The van der Waals surface area contributed by atoms with Crippen LogP contribution in [0.4, 0.5) is 26.0 Å². The van der Waals surface area contributed by atoms with Crippen LogP contribution >= 0.6 is 34.4 Å². The molecule has 0 saturated heterocycles. The largest absolute Gasteiger partial charge is 0.330 e. The van der Waals surface area contributed by atoms with Gasteiger partial charge < -0.3 is 5.32 Å². The fourth-order valence-corrected chi connectivity index (χ4v) is 5.60. The number of rotatable bonds is 7. The number of aromatic nitrogens is 3. The summed E-state index contributed by atoms with van der Waals surface area (Å²) in [6.07, 6.45) is 0. The minimum absolute atomic E-state index is 0.194. The summed E-state index contributed by atoms with van der Waals surface area (Å²) in [5.41, 5.74) is 4.39. The molecule has 4 aromatic rings. The third kappa shape index (κ3) is 4.98. The van der Waals surface area contributed by atoms with Crippen molar-refractivity contribution in [2.45, 2.75) is 30.9 Å². The molecule has 4 rings (SSSR count). The van der Waals surface area contributed by atoms with E-state index in [1.165, 1.54) is 63.5 Å². The van der Waals surface area contributed by atoms with E-state index in [0.717, 1.165) is 20.9 Å². The van der Waals surface area contributed by atoms with Gasteiger partial charge in [0.1, 0.15) is 5.82 Å². The highest BCUT2D eigenvalue weighted by atomic mass is 32.2. The Morgan fingerprint density at radius 1 is 1.16 bits per heavy atom. The van der Waals surface area contributed by atoms with Gasteiger partial charge in [0.25, 0.3) is 0 Å². The molecule has 10 heteroatoms. The first-order valence-electron chi connectivity index (χ1n) is 9.71. The summed E-state index contributed by atoms with van der Waals surface area (Å²) in [5, 5.41) is 14.8. The van der Waals surface area contributed by atoms with Crippen molar-refractivity contribution < 1.29 is 9.18 Å². The Morgan fingerprint density at radius 2 is 1.97 bits per heavy atom. The van der Waals surface area contributed by atoms with Gasteiger partial charge in [0, 0.05) is 23.7 Å². The monoisotopic (exact) mass is 485 g/mol. The number of carbonyl (C=O) groups is 1. The van der Waals surface area contributed by atoms with E-state index < -0.39 is 5.82 Å². The molecule has 2 aromatic carbocycles. The van der Waals surface area contributed by atoms with Crippen molar-refractivity contribution in [3.05, 3.63) is 70.5 Å². The molecule has 0 spiro atoms. The molecule has 0 saturated carbocycles. The van der Waals surface area contributed by atoms with Crippen molar-refractivity contribution in [2.24, 2.45) is 0 Å². The van der Waals surface area contributed by atoms with Crippen LogP contribution in [0, 0.1) is 19.7 Å². The van der Waals surface area contributed by atoms with Gasteiger partial charge in [-0.3, -0.25) is 9.69 Å². The molecule has 6 nitrogen and oxygen atoms in total. The van der Waals surface area contributed by atoms with E-state index >= 15 is 0 Å². The zero-order valence-electron chi connectivity index (χ0n) is 17.6. The number of para-hydroxylation sites is 1. The lowest BCUT2D eigenvalue weighted by atomic mass is 10.1. The van der Waals surface area contributed by atoms with E-state index in [-0.39, 0.29) is 11.6 Å². The van der Waals surface area contributed by atoms with E-state index in [0.29, 0.717) is 10.9 Å². The van der Waals surface area contributed by atoms with E-state index in [9.17, 15) is 9.18 Å². The first-order chi connectivity index (χ1) is 15.4. The van der Waals surface area contributed by atoms with Crippen LogP contribution in [0.3, 0.4) is 0 Å². The normalized spacial score (nSPS) is 10.9. The maximum Gasteiger partial charge on any atom is 0.230 e. The summed E-state index contributed by atoms with van der Waals surface area (Å²) in [5.74, 6) is -0.195. The number of carbonyl (C=O) groups excluding carboxylic acids is 1. The molecular weight excluding hydrogens is 465 g/mol. The average Bonchev–Trinajstić information content (AvgIpc) is 3.41. The maximum absolute atomic E-state index is 14.2. The number of hydrogen-bond acceptors (Lipinski definition) is 8. The fraction of sp³-hybridized carbons (Fsp3) is 0.182. The molecule has 2 aromatic heterocycles. The SMILES string of the molecule is CC(=O)N(c1nc(CSc2nnc(Nc3cccc(C)c3C)s2)cs1)c1ccccc1F. The number of benzene rings is 2. The molecule has 0 fully saturated rings. The number of hydrogen-bond donors (Lipinski definition) is 1. The van der Waals surface area contributed by atoms with Crippen molar-refractivity contribution >= 4 is 62.0 Å². The molecule has 0 radical (unpaired) electrons. The Bertz CT molecular complexity index is 1260. The zero-order chi connectivity index (χ0) is 22.7. The maximum atomic E-state index is 14.2. The van der Waals surface area contributed by atoms with Crippen LogP contribution in [0.25, 0.3) is 0 Å². The summed E-state index contributed by atoms with van der Waals surface area (Å²) < 4.78 is 15.0. The van der Waals surface area contributed by atoms with Gasteiger partial charge in [-0.2, -0.15) is 0 Å². The number of anilines is 4. The van der Waals surface area contributed by atoms with E-state index in [1.807, 2.05) is 17.5 Å².